The first-order chi connectivity index (χ1) is 10.3. The molecule has 0 radical (unpaired) electrons. The summed E-state index contributed by atoms with van der Waals surface area (Å²) in [5, 5.41) is 10.3. The van der Waals surface area contributed by atoms with E-state index in [4.69, 9.17) is 23.2 Å². The Bertz CT molecular complexity index is 701. The third-order valence-corrected chi connectivity index (χ3v) is 5.29. The van der Waals surface area contributed by atoms with Gasteiger partial charge in [0.15, 0.2) is 0 Å². The van der Waals surface area contributed by atoms with Crippen LogP contribution < -0.4 is 4.90 Å². The lowest BCUT2D eigenvalue weighted by Gasteiger charge is -2.30. The van der Waals surface area contributed by atoms with Crippen LogP contribution in [-0.2, 0) is 9.59 Å². The van der Waals surface area contributed by atoms with Gasteiger partial charge in [0, 0.05) is 5.69 Å². The maximum atomic E-state index is 12.8. The van der Waals surface area contributed by atoms with E-state index in [2.05, 4.69) is 0 Å². The Morgan fingerprint density at radius 3 is 2.55 bits per heavy atom. The topological polar surface area (TPSA) is 57.6 Å². The summed E-state index contributed by atoms with van der Waals surface area (Å²) in [7, 11) is 0. The second-order valence-corrected chi connectivity index (χ2v) is 6.73. The van der Waals surface area contributed by atoms with Crippen LogP contribution in [0.15, 0.2) is 29.8 Å². The minimum atomic E-state index is -0.940. The van der Waals surface area contributed by atoms with Crippen molar-refractivity contribution in [2.45, 2.75) is 19.9 Å². The number of benzene rings is 1. The van der Waals surface area contributed by atoms with Gasteiger partial charge in [-0.05, 0) is 31.0 Å². The van der Waals surface area contributed by atoms with Gasteiger partial charge in [-0.15, -0.1) is 0 Å². The number of hydrogen-bond acceptors (Lipinski definition) is 2. The summed E-state index contributed by atoms with van der Waals surface area (Å²) in [4.78, 5) is 26.1. The quantitative estimate of drug-likeness (QED) is 0.837. The van der Waals surface area contributed by atoms with Crippen LogP contribution >= 0.6 is 23.2 Å². The van der Waals surface area contributed by atoms with E-state index in [0.717, 1.165) is 5.57 Å². The van der Waals surface area contributed by atoms with Gasteiger partial charge in [0.25, 0.3) is 0 Å². The van der Waals surface area contributed by atoms with Gasteiger partial charge in [-0.3, -0.25) is 9.59 Å². The van der Waals surface area contributed by atoms with Crippen LogP contribution in [0, 0.1) is 17.8 Å². The molecule has 1 fully saturated rings. The SMILES string of the molecule is CC1=CC(C)C2C(=O)N(c3ccc(Cl)c(Cl)c3)C1C2C(=O)O. The molecule has 22 heavy (non-hydrogen) atoms. The molecule has 1 heterocycles. The molecule has 2 aliphatic rings. The average molecular weight is 340 g/mol. The molecule has 1 amide bonds. The fourth-order valence-corrected chi connectivity index (χ4v) is 3.97. The summed E-state index contributed by atoms with van der Waals surface area (Å²) < 4.78 is 0. The number of nitrogens with zero attached hydrogens (tertiary/aromatic N) is 1. The third-order valence-electron chi connectivity index (χ3n) is 4.55. The fraction of sp³-hybridized carbons (Fsp3) is 0.375. The number of carboxylic acids is 1. The standard InChI is InChI=1S/C16H15Cl2NO3/c1-7-5-8(2)14-13(16(21)22)12(7)15(20)19(14)9-3-4-10(17)11(18)6-9/h3-7,12-14H,1-2H3,(H,21,22). The molecule has 4 unspecified atom stereocenters. The van der Waals surface area contributed by atoms with E-state index in [9.17, 15) is 14.7 Å². The van der Waals surface area contributed by atoms with Crippen LogP contribution in [0.1, 0.15) is 13.8 Å². The third kappa shape index (κ3) is 2.13. The molecule has 6 heteroatoms. The first kappa shape index (κ1) is 15.4. The predicted molar refractivity (Wildman–Crippen MR) is 85.3 cm³/mol. The monoisotopic (exact) mass is 339 g/mol. The van der Waals surface area contributed by atoms with Gasteiger partial charge < -0.3 is 10.0 Å². The van der Waals surface area contributed by atoms with Gasteiger partial charge in [-0.2, -0.15) is 0 Å². The zero-order valence-corrected chi connectivity index (χ0v) is 13.6. The van der Waals surface area contributed by atoms with Gasteiger partial charge >= 0.3 is 5.97 Å². The number of amides is 1. The predicted octanol–water partition coefficient (Wildman–Crippen LogP) is 3.62. The Labute approximate surface area is 138 Å². The van der Waals surface area contributed by atoms with Crippen LogP contribution in [0.3, 0.4) is 0 Å². The fourth-order valence-electron chi connectivity index (χ4n) is 3.68. The van der Waals surface area contributed by atoms with E-state index in [1.54, 1.807) is 23.1 Å². The van der Waals surface area contributed by atoms with Crippen LogP contribution in [-0.4, -0.2) is 23.0 Å². The zero-order chi connectivity index (χ0) is 16.2. The number of hydrogen-bond donors (Lipinski definition) is 1. The van der Waals surface area contributed by atoms with Crippen LogP contribution in [0.4, 0.5) is 5.69 Å². The number of fused-ring (bicyclic) bond motifs is 2. The molecule has 4 nitrogen and oxygen atoms in total. The summed E-state index contributed by atoms with van der Waals surface area (Å²) in [5.74, 6) is -2.48. The number of carbonyl (C=O) groups excluding carboxylic acids is 1. The first-order valence-electron chi connectivity index (χ1n) is 7.02. The van der Waals surface area contributed by atoms with Crippen molar-refractivity contribution in [2.75, 3.05) is 4.90 Å². The highest BCUT2D eigenvalue weighted by atomic mass is 35.5. The maximum absolute atomic E-state index is 12.8. The summed E-state index contributed by atoms with van der Waals surface area (Å²) >= 11 is 12.0. The molecular formula is C16H15Cl2NO3. The van der Waals surface area contributed by atoms with Crippen molar-refractivity contribution in [2.24, 2.45) is 17.8 Å². The highest BCUT2D eigenvalue weighted by Crippen LogP contribution is 2.46. The van der Waals surface area contributed by atoms with E-state index in [0.29, 0.717) is 15.7 Å². The molecule has 1 aliphatic carbocycles. The number of anilines is 1. The number of rotatable bonds is 2. The Balaban J connectivity index is 2.13. The summed E-state index contributed by atoms with van der Waals surface area (Å²) in [6, 6.07) is 4.46. The summed E-state index contributed by atoms with van der Waals surface area (Å²) in [5.41, 5.74) is 1.48. The van der Waals surface area contributed by atoms with Crippen molar-refractivity contribution in [1.82, 2.24) is 0 Å². The molecule has 0 spiro atoms. The number of carbonyl (C=O) groups is 2. The number of allylic oxidation sites excluding steroid dienone is 1. The van der Waals surface area contributed by atoms with Crippen LogP contribution in [0.5, 0.6) is 0 Å². The van der Waals surface area contributed by atoms with E-state index in [-0.39, 0.29) is 11.8 Å². The van der Waals surface area contributed by atoms with Crippen molar-refractivity contribution in [1.29, 1.82) is 0 Å². The smallest absolute Gasteiger partial charge is 0.309 e. The lowest BCUT2D eigenvalue weighted by molar-refractivity contribution is -0.145. The van der Waals surface area contributed by atoms with Crippen molar-refractivity contribution in [3.8, 4) is 0 Å². The molecule has 1 aliphatic heterocycles. The zero-order valence-electron chi connectivity index (χ0n) is 12.1. The molecule has 1 saturated heterocycles. The Morgan fingerprint density at radius 1 is 1.27 bits per heavy atom. The molecular weight excluding hydrogens is 325 g/mol. The van der Waals surface area contributed by atoms with Crippen molar-refractivity contribution in [3.05, 3.63) is 39.9 Å². The van der Waals surface area contributed by atoms with E-state index >= 15 is 0 Å². The Hall–Kier alpha value is -1.52. The van der Waals surface area contributed by atoms with E-state index < -0.39 is 23.8 Å². The summed E-state index contributed by atoms with van der Waals surface area (Å²) in [6.07, 6.45) is 1.99. The normalized spacial score (nSPS) is 30.5. The van der Waals surface area contributed by atoms with E-state index in [1.807, 2.05) is 19.9 Å². The van der Waals surface area contributed by atoms with E-state index in [1.165, 1.54) is 0 Å². The lowest BCUT2D eigenvalue weighted by Crippen LogP contribution is -2.40. The van der Waals surface area contributed by atoms with Gasteiger partial charge in [-0.1, -0.05) is 41.8 Å². The Morgan fingerprint density at radius 2 is 1.95 bits per heavy atom. The second kappa shape index (κ2) is 5.28. The summed E-state index contributed by atoms with van der Waals surface area (Å²) in [6.45, 7) is 3.76. The number of aliphatic carboxylic acids is 1. The van der Waals surface area contributed by atoms with Crippen LogP contribution in [0.2, 0.25) is 10.0 Å². The molecule has 2 bridgehead atoms. The minimum Gasteiger partial charge on any atom is -0.481 e. The van der Waals surface area contributed by atoms with Gasteiger partial charge in [0.05, 0.1) is 27.9 Å². The van der Waals surface area contributed by atoms with Gasteiger partial charge in [-0.25, -0.2) is 0 Å². The molecule has 3 rings (SSSR count). The van der Waals surface area contributed by atoms with Crippen molar-refractivity contribution < 1.29 is 14.7 Å². The molecule has 1 aromatic carbocycles. The number of halogens is 2. The minimum absolute atomic E-state index is 0.0994. The first-order valence-corrected chi connectivity index (χ1v) is 7.77. The highest BCUT2D eigenvalue weighted by molar-refractivity contribution is 6.42. The maximum Gasteiger partial charge on any atom is 0.309 e. The molecule has 1 N–H and O–H groups in total. The lowest BCUT2D eigenvalue weighted by atomic mass is 9.74. The van der Waals surface area contributed by atoms with Crippen molar-refractivity contribution >= 4 is 40.8 Å². The second-order valence-electron chi connectivity index (χ2n) is 5.91. The van der Waals surface area contributed by atoms with Gasteiger partial charge in [0.2, 0.25) is 5.91 Å². The molecule has 116 valence electrons. The van der Waals surface area contributed by atoms with Crippen molar-refractivity contribution in [3.63, 3.8) is 0 Å². The molecule has 0 aromatic heterocycles. The molecule has 1 aromatic rings. The molecule has 0 saturated carbocycles. The highest BCUT2D eigenvalue weighted by Gasteiger charge is 2.56. The number of carboxylic acid groups (broad SMARTS) is 1. The largest absolute Gasteiger partial charge is 0.481 e. The Kier molecular flexibility index (Phi) is 3.69. The molecule has 4 atom stereocenters. The van der Waals surface area contributed by atoms with Gasteiger partial charge in [0.1, 0.15) is 0 Å². The average Bonchev–Trinajstić information content (AvgIpc) is 2.70. The van der Waals surface area contributed by atoms with Crippen LogP contribution in [0.25, 0.3) is 0 Å².